The van der Waals surface area contributed by atoms with Gasteiger partial charge >= 0.3 is 5.97 Å². The lowest BCUT2D eigenvalue weighted by molar-refractivity contribution is 0.00671. The SMILES string of the molecule is Cc1cc(C=CC(=O)c2ccc(OCCSC3CCCCC3)cc2)c(OC(C)C)c(C)c1C(=O)OC(C)(C)C. The number of hydrogen-bond acceptors (Lipinski definition) is 6. The van der Waals surface area contributed by atoms with Gasteiger partial charge in [-0.3, -0.25) is 4.79 Å². The van der Waals surface area contributed by atoms with Gasteiger partial charge in [-0.15, -0.1) is 0 Å². The summed E-state index contributed by atoms with van der Waals surface area (Å²) in [6, 6.07) is 9.16. The van der Waals surface area contributed by atoms with Gasteiger partial charge in [0.15, 0.2) is 5.78 Å². The Morgan fingerprint density at radius 3 is 2.33 bits per heavy atom. The summed E-state index contributed by atoms with van der Waals surface area (Å²) in [6.45, 7) is 13.8. The predicted octanol–water partition coefficient (Wildman–Crippen LogP) is 8.39. The molecule has 0 unspecified atom stereocenters. The Labute approximate surface area is 238 Å². The molecule has 0 bridgehead atoms. The van der Waals surface area contributed by atoms with Gasteiger partial charge in [-0.1, -0.05) is 19.3 Å². The second kappa shape index (κ2) is 14.1. The second-order valence-electron chi connectivity index (χ2n) is 11.5. The Kier molecular flexibility index (Phi) is 11.1. The Hall–Kier alpha value is -2.73. The fraction of sp³-hybridized carbons (Fsp3) is 0.515. The zero-order valence-electron chi connectivity index (χ0n) is 24.6. The highest BCUT2D eigenvalue weighted by Gasteiger charge is 2.24. The highest BCUT2D eigenvalue weighted by molar-refractivity contribution is 7.99. The van der Waals surface area contributed by atoms with Crippen molar-refractivity contribution in [2.24, 2.45) is 0 Å². The summed E-state index contributed by atoms with van der Waals surface area (Å²) in [5, 5.41) is 0.779. The Morgan fingerprint density at radius 2 is 1.72 bits per heavy atom. The molecular formula is C33H44O5S. The van der Waals surface area contributed by atoms with E-state index in [-0.39, 0.29) is 17.9 Å². The summed E-state index contributed by atoms with van der Waals surface area (Å²) in [6.07, 6.45) is 9.93. The van der Waals surface area contributed by atoms with Crippen molar-refractivity contribution in [1.29, 1.82) is 0 Å². The van der Waals surface area contributed by atoms with Crippen LogP contribution in [0, 0.1) is 13.8 Å². The van der Waals surface area contributed by atoms with E-state index in [1.165, 1.54) is 32.1 Å². The molecule has 0 amide bonds. The molecule has 2 aromatic carbocycles. The van der Waals surface area contributed by atoms with Crippen molar-refractivity contribution >= 4 is 29.6 Å². The molecule has 212 valence electrons. The molecule has 1 aliphatic rings. The lowest BCUT2D eigenvalue weighted by Gasteiger charge is -2.23. The van der Waals surface area contributed by atoms with Crippen molar-refractivity contribution in [2.75, 3.05) is 12.4 Å². The Balaban J connectivity index is 1.68. The number of thioether (sulfide) groups is 1. The molecular weight excluding hydrogens is 508 g/mol. The average Bonchev–Trinajstić information content (AvgIpc) is 2.87. The second-order valence-corrected chi connectivity index (χ2v) is 12.9. The van der Waals surface area contributed by atoms with E-state index >= 15 is 0 Å². The number of carbonyl (C=O) groups is 2. The fourth-order valence-corrected chi connectivity index (χ4v) is 5.92. The van der Waals surface area contributed by atoms with Crippen LogP contribution in [0.3, 0.4) is 0 Å². The number of esters is 1. The molecule has 6 heteroatoms. The van der Waals surface area contributed by atoms with Crippen molar-refractivity contribution < 1.29 is 23.8 Å². The zero-order chi connectivity index (χ0) is 28.6. The van der Waals surface area contributed by atoms with Crippen LogP contribution in [0.5, 0.6) is 11.5 Å². The summed E-state index contributed by atoms with van der Waals surface area (Å²) >= 11 is 2.02. The summed E-state index contributed by atoms with van der Waals surface area (Å²) in [5.41, 5.74) is 2.70. The molecule has 0 aromatic heterocycles. The lowest BCUT2D eigenvalue weighted by Crippen LogP contribution is -2.25. The zero-order valence-corrected chi connectivity index (χ0v) is 25.4. The number of ketones is 1. The third-order valence-corrected chi connectivity index (χ3v) is 7.86. The van der Waals surface area contributed by atoms with Gasteiger partial charge in [0.25, 0.3) is 0 Å². The first-order valence-electron chi connectivity index (χ1n) is 14.1. The minimum Gasteiger partial charge on any atom is -0.493 e. The topological polar surface area (TPSA) is 61.8 Å². The van der Waals surface area contributed by atoms with E-state index in [9.17, 15) is 9.59 Å². The van der Waals surface area contributed by atoms with Crippen molar-refractivity contribution in [1.82, 2.24) is 0 Å². The molecule has 1 saturated carbocycles. The number of aryl methyl sites for hydroxylation is 1. The first-order valence-corrected chi connectivity index (χ1v) is 15.1. The van der Waals surface area contributed by atoms with Crippen molar-refractivity contribution in [3.05, 3.63) is 64.2 Å². The highest BCUT2D eigenvalue weighted by atomic mass is 32.2. The molecule has 0 heterocycles. The number of hydrogen-bond donors (Lipinski definition) is 0. The van der Waals surface area contributed by atoms with Crippen molar-refractivity contribution in [3.8, 4) is 11.5 Å². The minimum absolute atomic E-state index is 0.102. The van der Waals surface area contributed by atoms with E-state index in [0.717, 1.165) is 27.9 Å². The normalized spacial score (nSPS) is 14.6. The standard InChI is InChI=1S/C33H44O5S/c1-22(2)37-31-24(4)30(32(35)38-33(5,6)7)23(3)21-26(31)15-18-29(34)25-13-16-27(17-14-25)36-19-20-39-28-11-9-8-10-12-28/h13-18,21-22,28H,8-12,19-20H2,1-7H3. The number of ether oxygens (including phenoxy) is 3. The monoisotopic (exact) mass is 552 g/mol. The van der Waals surface area contributed by atoms with Crippen LogP contribution >= 0.6 is 11.8 Å². The van der Waals surface area contributed by atoms with Gasteiger partial charge in [0.05, 0.1) is 18.3 Å². The molecule has 2 aromatic rings. The smallest absolute Gasteiger partial charge is 0.339 e. The van der Waals surface area contributed by atoms with Crippen LogP contribution in [0.25, 0.3) is 6.08 Å². The third-order valence-electron chi connectivity index (χ3n) is 6.51. The molecule has 5 nitrogen and oxygen atoms in total. The van der Waals surface area contributed by atoms with E-state index in [0.29, 0.717) is 29.0 Å². The van der Waals surface area contributed by atoms with Gasteiger partial charge in [0.2, 0.25) is 0 Å². The van der Waals surface area contributed by atoms with E-state index in [2.05, 4.69) is 0 Å². The molecule has 0 saturated heterocycles. The molecule has 1 aliphatic carbocycles. The average molecular weight is 553 g/mol. The Morgan fingerprint density at radius 1 is 1.05 bits per heavy atom. The maximum Gasteiger partial charge on any atom is 0.339 e. The molecule has 0 radical (unpaired) electrons. The van der Waals surface area contributed by atoms with E-state index < -0.39 is 5.60 Å². The van der Waals surface area contributed by atoms with Gasteiger partial charge in [0.1, 0.15) is 17.1 Å². The fourth-order valence-electron chi connectivity index (χ4n) is 4.74. The van der Waals surface area contributed by atoms with Gasteiger partial charge < -0.3 is 14.2 Å². The molecule has 0 spiro atoms. The number of carbonyl (C=O) groups excluding carboxylic acids is 2. The van der Waals surface area contributed by atoms with Gasteiger partial charge in [-0.05, 0) is 109 Å². The van der Waals surface area contributed by atoms with Crippen LogP contribution in [0.15, 0.2) is 36.4 Å². The maximum absolute atomic E-state index is 13.0. The van der Waals surface area contributed by atoms with Gasteiger partial charge in [-0.25, -0.2) is 4.79 Å². The van der Waals surface area contributed by atoms with E-state index in [4.69, 9.17) is 14.2 Å². The maximum atomic E-state index is 13.0. The van der Waals surface area contributed by atoms with Crippen LogP contribution in [-0.4, -0.2) is 41.1 Å². The van der Waals surface area contributed by atoms with Crippen LogP contribution < -0.4 is 9.47 Å². The van der Waals surface area contributed by atoms with Crippen LogP contribution in [0.4, 0.5) is 0 Å². The highest BCUT2D eigenvalue weighted by Crippen LogP contribution is 2.33. The van der Waals surface area contributed by atoms with E-state index in [1.807, 2.05) is 78.4 Å². The predicted molar refractivity (Wildman–Crippen MR) is 161 cm³/mol. The molecule has 1 fully saturated rings. The third kappa shape index (κ3) is 9.45. The summed E-state index contributed by atoms with van der Waals surface area (Å²) < 4.78 is 17.6. The molecule has 0 atom stereocenters. The lowest BCUT2D eigenvalue weighted by atomic mass is 9.96. The summed E-state index contributed by atoms with van der Waals surface area (Å²) in [7, 11) is 0. The van der Waals surface area contributed by atoms with Crippen molar-refractivity contribution in [2.45, 2.75) is 97.5 Å². The first-order chi connectivity index (χ1) is 18.4. The van der Waals surface area contributed by atoms with Crippen LogP contribution in [0.1, 0.15) is 104 Å². The number of allylic oxidation sites excluding steroid dienone is 1. The molecule has 3 rings (SSSR count). The first kappa shape index (κ1) is 30.8. The van der Waals surface area contributed by atoms with Gasteiger partial charge in [0, 0.05) is 27.7 Å². The van der Waals surface area contributed by atoms with E-state index in [1.54, 1.807) is 24.3 Å². The van der Waals surface area contributed by atoms with Gasteiger partial charge in [-0.2, -0.15) is 11.8 Å². The van der Waals surface area contributed by atoms with Crippen LogP contribution in [-0.2, 0) is 4.74 Å². The van der Waals surface area contributed by atoms with Crippen molar-refractivity contribution in [3.63, 3.8) is 0 Å². The molecule has 0 N–H and O–H groups in total. The largest absolute Gasteiger partial charge is 0.493 e. The number of benzene rings is 2. The molecule has 39 heavy (non-hydrogen) atoms. The summed E-state index contributed by atoms with van der Waals surface area (Å²) in [4.78, 5) is 25.9. The Bertz CT molecular complexity index is 1150. The quantitative estimate of drug-likeness (QED) is 0.121. The summed E-state index contributed by atoms with van der Waals surface area (Å²) in [5.74, 6) is 1.84. The molecule has 0 aliphatic heterocycles. The van der Waals surface area contributed by atoms with Crippen LogP contribution in [0.2, 0.25) is 0 Å². The number of rotatable bonds is 11. The minimum atomic E-state index is -0.603.